The molecule has 2 aromatic carbocycles. The van der Waals surface area contributed by atoms with Gasteiger partial charge in [0.1, 0.15) is 17.0 Å². The van der Waals surface area contributed by atoms with Crippen LogP contribution in [0.3, 0.4) is 0 Å². The molecule has 0 N–H and O–H groups in total. The van der Waals surface area contributed by atoms with Gasteiger partial charge in [0, 0.05) is 13.0 Å². The number of hydrogen-bond donors (Lipinski definition) is 0. The van der Waals surface area contributed by atoms with Crippen LogP contribution in [0, 0.1) is 6.92 Å². The van der Waals surface area contributed by atoms with Crippen molar-refractivity contribution in [2.75, 3.05) is 6.61 Å². The van der Waals surface area contributed by atoms with Gasteiger partial charge in [0.25, 0.3) is 0 Å². The summed E-state index contributed by atoms with van der Waals surface area (Å²) in [7, 11) is 0. The molecule has 0 bridgehead atoms. The second-order valence-electron chi connectivity index (χ2n) is 4.56. The van der Waals surface area contributed by atoms with Crippen LogP contribution in [0.4, 0.5) is 0 Å². The zero-order valence-electron chi connectivity index (χ0n) is 11.7. The number of nitrogens with zero attached hydrogens (tertiary/aromatic N) is 1. The number of halogens is 1. The molecule has 0 aliphatic rings. The van der Waals surface area contributed by atoms with E-state index in [1.54, 1.807) is 49.4 Å². The molecule has 0 atom stereocenters. The summed E-state index contributed by atoms with van der Waals surface area (Å²) in [6, 6.07) is 11.9. The first-order valence-electron chi connectivity index (χ1n) is 6.57. The van der Waals surface area contributed by atoms with E-state index in [9.17, 15) is 4.79 Å². The van der Waals surface area contributed by atoms with Crippen molar-refractivity contribution in [2.45, 2.75) is 6.92 Å². The number of rotatable bonds is 4. The highest BCUT2D eigenvalue weighted by Crippen LogP contribution is 2.24. The minimum absolute atomic E-state index is 0.239. The molecule has 0 spiro atoms. The van der Waals surface area contributed by atoms with Crippen LogP contribution in [0.2, 0.25) is 5.02 Å². The van der Waals surface area contributed by atoms with Crippen LogP contribution in [0.15, 0.2) is 46.9 Å². The lowest BCUT2D eigenvalue weighted by atomic mass is 10.3. The lowest BCUT2D eigenvalue weighted by Crippen LogP contribution is -2.17. The van der Waals surface area contributed by atoms with Crippen molar-refractivity contribution in [2.24, 2.45) is 0 Å². The average Bonchev–Trinajstić information content (AvgIpc) is 2.86. The quantitative estimate of drug-likeness (QED) is 0.541. The third-order valence-electron chi connectivity index (χ3n) is 2.88. The Morgan fingerprint density at radius 1 is 1.27 bits per heavy atom. The number of carbonyl (C=O) groups is 1. The molecule has 0 fully saturated rings. The van der Waals surface area contributed by atoms with E-state index in [-0.39, 0.29) is 6.61 Å². The second kappa shape index (κ2) is 6.07. The van der Waals surface area contributed by atoms with E-state index in [4.69, 9.17) is 25.5 Å². The van der Waals surface area contributed by atoms with E-state index in [1.165, 1.54) is 0 Å². The third-order valence-corrected chi connectivity index (χ3v) is 3.19. The number of ether oxygens (including phenoxy) is 2. The maximum absolute atomic E-state index is 11.8. The predicted molar refractivity (Wildman–Crippen MR) is 81.3 cm³/mol. The van der Waals surface area contributed by atoms with Gasteiger partial charge in [-0.2, -0.15) is 0 Å². The Kier molecular flexibility index (Phi) is 3.98. The number of benzene rings is 2. The van der Waals surface area contributed by atoms with Gasteiger partial charge in [-0.3, -0.25) is 0 Å². The number of aromatic nitrogens is 1. The highest BCUT2D eigenvalue weighted by Gasteiger charge is 2.10. The SMILES string of the molecule is Cc1nc2ccc(OC(=O)COc3ccccc3Cl)cc2o1. The van der Waals surface area contributed by atoms with Gasteiger partial charge in [-0.15, -0.1) is 0 Å². The highest BCUT2D eigenvalue weighted by molar-refractivity contribution is 6.32. The van der Waals surface area contributed by atoms with E-state index in [1.807, 2.05) is 0 Å². The topological polar surface area (TPSA) is 61.6 Å². The number of aryl methyl sites for hydroxylation is 1. The molecular formula is C16H12ClNO4. The van der Waals surface area contributed by atoms with Gasteiger partial charge in [0.15, 0.2) is 18.1 Å². The first-order chi connectivity index (χ1) is 10.6. The monoisotopic (exact) mass is 317 g/mol. The Bertz CT molecular complexity index is 828. The summed E-state index contributed by atoms with van der Waals surface area (Å²) >= 11 is 5.94. The molecule has 1 aromatic heterocycles. The normalized spacial score (nSPS) is 10.6. The van der Waals surface area contributed by atoms with E-state index in [2.05, 4.69) is 4.98 Å². The van der Waals surface area contributed by atoms with Crippen LogP contribution < -0.4 is 9.47 Å². The van der Waals surface area contributed by atoms with Crippen molar-refractivity contribution >= 4 is 28.7 Å². The van der Waals surface area contributed by atoms with Gasteiger partial charge in [0.05, 0.1) is 5.02 Å². The smallest absolute Gasteiger partial charge is 0.349 e. The predicted octanol–water partition coefficient (Wildman–Crippen LogP) is 3.77. The largest absolute Gasteiger partial charge is 0.480 e. The molecule has 112 valence electrons. The molecule has 0 aliphatic heterocycles. The first kappa shape index (κ1) is 14.4. The molecule has 5 nitrogen and oxygen atoms in total. The van der Waals surface area contributed by atoms with Crippen LogP contribution in [-0.4, -0.2) is 17.6 Å². The van der Waals surface area contributed by atoms with Gasteiger partial charge in [-0.05, 0) is 24.3 Å². The number of oxazole rings is 1. The minimum Gasteiger partial charge on any atom is -0.480 e. The Hall–Kier alpha value is -2.53. The number of esters is 1. The summed E-state index contributed by atoms with van der Waals surface area (Å²) in [5.41, 5.74) is 1.28. The summed E-state index contributed by atoms with van der Waals surface area (Å²) in [5, 5.41) is 0.439. The maximum Gasteiger partial charge on any atom is 0.349 e. The molecule has 3 rings (SSSR count). The van der Waals surface area contributed by atoms with Crippen molar-refractivity contribution in [1.29, 1.82) is 0 Å². The molecular weight excluding hydrogens is 306 g/mol. The average molecular weight is 318 g/mol. The van der Waals surface area contributed by atoms with Crippen molar-refractivity contribution in [3.05, 3.63) is 53.4 Å². The van der Waals surface area contributed by atoms with E-state index >= 15 is 0 Å². The molecule has 6 heteroatoms. The molecule has 0 saturated carbocycles. The minimum atomic E-state index is -0.532. The van der Waals surface area contributed by atoms with Crippen LogP contribution in [0.25, 0.3) is 11.1 Å². The summed E-state index contributed by atoms with van der Waals surface area (Å²) in [4.78, 5) is 16.0. The Labute approximate surface area is 131 Å². The number of para-hydroxylation sites is 1. The van der Waals surface area contributed by atoms with Gasteiger partial charge in [-0.25, -0.2) is 9.78 Å². The number of fused-ring (bicyclic) bond motifs is 1. The zero-order valence-corrected chi connectivity index (χ0v) is 12.5. The Morgan fingerprint density at radius 2 is 2.09 bits per heavy atom. The van der Waals surface area contributed by atoms with Gasteiger partial charge >= 0.3 is 5.97 Å². The van der Waals surface area contributed by atoms with Gasteiger partial charge < -0.3 is 13.9 Å². The molecule has 0 unspecified atom stereocenters. The molecule has 0 radical (unpaired) electrons. The molecule has 3 aromatic rings. The van der Waals surface area contributed by atoms with Crippen LogP contribution in [-0.2, 0) is 4.79 Å². The Balaban J connectivity index is 1.64. The molecule has 0 aliphatic carbocycles. The van der Waals surface area contributed by atoms with Gasteiger partial charge in [-0.1, -0.05) is 23.7 Å². The van der Waals surface area contributed by atoms with Crippen LogP contribution in [0.5, 0.6) is 11.5 Å². The Morgan fingerprint density at radius 3 is 2.91 bits per heavy atom. The van der Waals surface area contributed by atoms with E-state index < -0.39 is 5.97 Å². The fourth-order valence-electron chi connectivity index (χ4n) is 1.94. The molecule has 1 heterocycles. The van der Waals surface area contributed by atoms with Crippen molar-refractivity contribution in [3.63, 3.8) is 0 Å². The van der Waals surface area contributed by atoms with E-state index in [0.29, 0.717) is 33.5 Å². The zero-order chi connectivity index (χ0) is 15.5. The fourth-order valence-corrected chi connectivity index (χ4v) is 2.13. The summed E-state index contributed by atoms with van der Waals surface area (Å²) in [5.74, 6) is 0.829. The molecule has 22 heavy (non-hydrogen) atoms. The maximum atomic E-state index is 11.8. The molecule has 0 amide bonds. The number of carbonyl (C=O) groups excluding carboxylic acids is 1. The highest BCUT2D eigenvalue weighted by atomic mass is 35.5. The fraction of sp³-hybridized carbons (Fsp3) is 0.125. The summed E-state index contributed by atoms with van der Waals surface area (Å²) in [6.45, 7) is 1.51. The van der Waals surface area contributed by atoms with Crippen molar-refractivity contribution in [1.82, 2.24) is 4.98 Å². The van der Waals surface area contributed by atoms with Crippen LogP contribution in [0.1, 0.15) is 5.89 Å². The summed E-state index contributed by atoms with van der Waals surface area (Å²) < 4.78 is 15.9. The standard InChI is InChI=1S/C16H12ClNO4/c1-10-18-13-7-6-11(8-15(13)21-10)22-16(19)9-20-14-5-3-2-4-12(14)17/h2-8H,9H2,1H3. The first-order valence-corrected chi connectivity index (χ1v) is 6.95. The number of hydrogen-bond acceptors (Lipinski definition) is 5. The third kappa shape index (κ3) is 3.20. The van der Waals surface area contributed by atoms with E-state index in [0.717, 1.165) is 0 Å². The second-order valence-corrected chi connectivity index (χ2v) is 4.96. The summed E-state index contributed by atoms with van der Waals surface area (Å²) in [6.07, 6.45) is 0. The van der Waals surface area contributed by atoms with Gasteiger partial charge in [0.2, 0.25) is 0 Å². The van der Waals surface area contributed by atoms with Crippen molar-refractivity contribution in [3.8, 4) is 11.5 Å². The lowest BCUT2D eigenvalue weighted by molar-refractivity contribution is -0.136. The lowest BCUT2D eigenvalue weighted by Gasteiger charge is -2.07. The van der Waals surface area contributed by atoms with Crippen LogP contribution >= 0.6 is 11.6 Å². The molecule has 0 saturated heterocycles. The van der Waals surface area contributed by atoms with Crippen molar-refractivity contribution < 1.29 is 18.7 Å².